The Morgan fingerprint density at radius 3 is 2.73 bits per heavy atom. The van der Waals surface area contributed by atoms with Gasteiger partial charge >= 0.3 is 0 Å². The Balaban J connectivity index is 1.92. The maximum atomic E-state index is 12.2. The minimum atomic E-state index is -0.478. The third-order valence-corrected chi connectivity index (χ3v) is 5.78. The van der Waals surface area contributed by atoms with Crippen molar-refractivity contribution in [2.75, 3.05) is 5.32 Å². The first-order valence-corrected chi connectivity index (χ1v) is 9.26. The summed E-state index contributed by atoms with van der Waals surface area (Å²) in [4.78, 5) is 17.8. The van der Waals surface area contributed by atoms with Crippen LogP contribution in [0, 0.1) is 6.92 Å². The molecule has 132 valence electrons. The van der Waals surface area contributed by atoms with Gasteiger partial charge in [0.05, 0.1) is 10.6 Å². The molecule has 0 saturated heterocycles. The highest BCUT2D eigenvalue weighted by atomic mass is 35.5. The summed E-state index contributed by atoms with van der Waals surface area (Å²) < 4.78 is 1.71. The Hall–Kier alpha value is -2.64. The molecule has 0 saturated carbocycles. The number of amides is 1. The Morgan fingerprint density at radius 2 is 2.08 bits per heavy atom. The Bertz CT molecular complexity index is 1050. The van der Waals surface area contributed by atoms with Crippen LogP contribution in [0.5, 0.6) is 0 Å². The largest absolute Gasteiger partial charge is 0.366 e. The van der Waals surface area contributed by atoms with E-state index >= 15 is 0 Å². The van der Waals surface area contributed by atoms with Gasteiger partial charge < -0.3 is 11.1 Å². The molecule has 0 aliphatic carbocycles. The third-order valence-electron chi connectivity index (χ3n) is 4.38. The molecule has 1 amide bonds. The lowest BCUT2D eigenvalue weighted by Crippen LogP contribution is -2.31. The predicted molar refractivity (Wildman–Crippen MR) is 103 cm³/mol. The lowest BCUT2D eigenvalue weighted by molar-refractivity contribution is -0.115. The molecule has 4 rings (SSSR count). The molecule has 3 heterocycles. The number of hydrogen-bond acceptors (Lipinski definition) is 5. The number of carbonyl (C=O) groups excluding carboxylic acids is 1. The van der Waals surface area contributed by atoms with Crippen molar-refractivity contribution < 1.29 is 4.79 Å². The summed E-state index contributed by atoms with van der Waals surface area (Å²) in [6.45, 7) is 3.83. The molecule has 6 nitrogen and oxygen atoms in total. The second-order valence-electron chi connectivity index (χ2n) is 6.08. The quantitative estimate of drug-likeness (QED) is 0.719. The number of nitrogens with one attached hydrogen (secondary N) is 1. The van der Waals surface area contributed by atoms with E-state index in [2.05, 4.69) is 15.4 Å². The number of aromatic nitrogens is 3. The molecule has 3 aromatic rings. The van der Waals surface area contributed by atoms with Gasteiger partial charge in [-0.25, -0.2) is 4.68 Å². The van der Waals surface area contributed by atoms with Gasteiger partial charge in [0.2, 0.25) is 11.9 Å². The number of allylic oxidation sites excluding steroid dienone is 1. The molecule has 1 atom stereocenters. The number of nitrogens with two attached hydrogens (primary N) is 1. The van der Waals surface area contributed by atoms with E-state index in [-0.39, 0.29) is 0 Å². The summed E-state index contributed by atoms with van der Waals surface area (Å²) in [5.74, 6) is 0.573. The molecular formula is C18H16ClN5OS. The SMILES string of the molecule is CC1=C(C(N)=O)C(c2sccc2C)n2nc(-c3ccccc3Cl)nc2N1. The average Bonchev–Trinajstić information content (AvgIpc) is 3.19. The number of fused-ring (bicyclic) bond motifs is 1. The molecule has 1 aliphatic rings. The fraction of sp³-hybridized carbons (Fsp3) is 0.167. The summed E-state index contributed by atoms with van der Waals surface area (Å²) >= 11 is 7.87. The summed E-state index contributed by atoms with van der Waals surface area (Å²) in [7, 11) is 0. The highest BCUT2D eigenvalue weighted by Gasteiger charge is 2.35. The number of nitrogens with zero attached hydrogens (tertiary/aromatic N) is 3. The first-order valence-electron chi connectivity index (χ1n) is 8.00. The van der Waals surface area contributed by atoms with Crippen LogP contribution in [0.15, 0.2) is 47.0 Å². The summed E-state index contributed by atoms with van der Waals surface area (Å²) in [5, 5.41) is 10.4. The zero-order valence-electron chi connectivity index (χ0n) is 14.2. The van der Waals surface area contributed by atoms with Gasteiger partial charge in [0.1, 0.15) is 6.04 Å². The molecule has 0 radical (unpaired) electrons. The number of halogens is 1. The normalized spacial score (nSPS) is 16.3. The van der Waals surface area contributed by atoms with E-state index < -0.39 is 11.9 Å². The summed E-state index contributed by atoms with van der Waals surface area (Å²) in [5.41, 5.74) is 8.67. The minimum absolute atomic E-state index is 0.410. The molecule has 1 aliphatic heterocycles. The van der Waals surface area contributed by atoms with Gasteiger partial charge in [-0.15, -0.1) is 16.4 Å². The number of thiophene rings is 1. The fourth-order valence-corrected chi connectivity index (χ4v) is 4.37. The number of carbonyl (C=O) groups is 1. The maximum absolute atomic E-state index is 12.2. The van der Waals surface area contributed by atoms with Crippen LogP contribution in [0.1, 0.15) is 23.4 Å². The lowest BCUT2D eigenvalue weighted by atomic mass is 9.99. The van der Waals surface area contributed by atoms with Crippen molar-refractivity contribution in [3.05, 3.63) is 62.4 Å². The van der Waals surface area contributed by atoms with Gasteiger partial charge in [0, 0.05) is 16.1 Å². The molecule has 2 aromatic heterocycles. The number of aryl methyl sites for hydroxylation is 1. The second kappa shape index (κ2) is 6.26. The fourth-order valence-electron chi connectivity index (χ4n) is 3.13. The second-order valence-corrected chi connectivity index (χ2v) is 7.44. The minimum Gasteiger partial charge on any atom is -0.366 e. The van der Waals surface area contributed by atoms with Crippen LogP contribution in [-0.4, -0.2) is 20.7 Å². The van der Waals surface area contributed by atoms with Gasteiger partial charge in [-0.2, -0.15) is 4.98 Å². The highest BCUT2D eigenvalue weighted by molar-refractivity contribution is 7.10. The Labute approximate surface area is 159 Å². The predicted octanol–water partition coefficient (Wildman–Crippen LogP) is 3.74. The van der Waals surface area contributed by atoms with E-state index in [1.807, 2.05) is 43.5 Å². The van der Waals surface area contributed by atoms with Gasteiger partial charge in [0.25, 0.3) is 0 Å². The number of hydrogen-bond donors (Lipinski definition) is 2. The van der Waals surface area contributed by atoms with E-state index in [4.69, 9.17) is 17.3 Å². The van der Waals surface area contributed by atoms with E-state index in [0.717, 1.165) is 16.0 Å². The van der Waals surface area contributed by atoms with Crippen molar-refractivity contribution in [3.8, 4) is 11.4 Å². The van der Waals surface area contributed by atoms with Crippen LogP contribution < -0.4 is 11.1 Å². The summed E-state index contributed by atoms with van der Waals surface area (Å²) in [6.07, 6.45) is 0. The number of primary amides is 1. The van der Waals surface area contributed by atoms with Crippen LogP contribution in [0.2, 0.25) is 5.02 Å². The smallest absolute Gasteiger partial charge is 0.248 e. The standard InChI is InChI=1S/C18H16ClN5OS/c1-9-7-8-26-15(9)14-13(16(20)25)10(2)21-18-22-17(23-24(14)18)11-5-3-4-6-12(11)19/h3-8,14H,1-2H3,(H2,20,25)(H,21,22,23). The molecular weight excluding hydrogens is 370 g/mol. The van der Waals surface area contributed by atoms with Gasteiger partial charge in [-0.3, -0.25) is 4.79 Å². The van der Waals surface area contributed by atoms with E-state index in [0.29, 0.717) is 28.1 Å². The van der Waals surface area contributed by atoms with Crippen molar-refractivity contribution >= 4 is 34.8 Å². The number of benzene rings is 1. The topological polar surface area (TPSA) is 85.8 Å². The van der Waals surface area contributed by atoms with E-state index in [1.54, 1.807) is 22.1 Å². The molecule has 1 unspecified atom stereocenters. The zero-order chi connectivity index (χ0) is 18.4. The Morgan fingerprint density at radius 1 is 1.31 bits per heavy atom. The van der Waals surface area contributed by atoms with Crippen molar-refractivity contribution in [2.24, 2.45) is 5.73 Å². The monoisotopic (exact) mass is 385 g/mol. The maximum Gasteiger partial charge on any atom is 0.248 e. The molecule has 0 bridgehead atoms. The van der Waals surface area contributed by atoms with Crippen molar-refractivity contribution in [1.82, 2.24) is 14.8 Å². The molecule has 8 heteroatoms. The van der Waals surface area contributed by atoms with Crippen LogP contribution in [0.4, 0.5) is 5.95 Å². The molecule has 3 N–H and O–H groups in total. The zero-order valence-corrected chi connectivity index (χ0v) is 15.7. The van der Waals surface area contributed by atoms with E-state index in [1.165, 1.54) is 0 Å². The van der Waals surface area contributed by atoms with Gasteiger partial charge in [-0.05, 0) is 43.0 Å². The first kappa shape index (κ1) is 16.8. The van der Waals surface area contributed by atoms with Crippen LogP contribution >= 0.6 is 22.9 Å². The first-order chi connectivity index (χ1) is 12.5. The molecule has 26 heavy (non-hydrogen) atoms. The van der Waals surface area contributed by atoms with Crippen LogP contribution in [0.3, 0.4) is 0 Å². The van der Waals surface area contributed by atoms with Crippen molar-refractivity contribution in [2.45, 2.75) is 19.9 Å². The lowest BCUT2D eigenvalue weighted by Gasteiger charge is -2.27. The van der Waals surface area contributed by atoms with Gasteiger partial charge in [-0.1, -0.05) is 23.7 Å². The third kappa shape index (κ3) is 2.60. The van der Waals surface area contributed by atoms with Crippen LogP contribution in [0.25, 0.3) is 11.4 Å². The number of anilines is 1. The number of rotatable bonds is 3. The summed E-state index contributed by atoms with van der Waals surface area (Å²) in [6, 6.07) is 9.01. The van der Waals surface area contributed by atoms with E-state index in [9.17, 15) is 4.79 Å². The van der Waals surface area contributed by atoms with Crippen molar-refractivity contribution in [3.63, 3.8) is 0 Å². The van der Waals surface area contributed by atoms with Crippen LogP contribution in [-0.2, 0) is 4.79 Å². The Kier molecular flexibility index (Phi) is 4.05. The molecule has 0 spiro atoms. The van der Waals surface area contributed by atoms with Crippen molar-refractivity contribution in [1.29, 1.82) is 0 Å². The average molecular weight is 386 g/mol. The molecule has 0 fully saturated rings. The molecule has 1 aromatic carbocycles. The van der Waals surface area contributed by atoms with Gasteiger partial charge in [0.15, 0.2) is 5.82 Å². The highest BCUT2D eigenvalue weighted by Crippen LogP contribution is 2.39.